The lowest BCUT2D eigenvalue weighted by Crippen LogP contribution is -2.50. The molecule has 0 aliphatic rings. The summed E-state index contributed by atoms with van der Waals surface area (Å²) in [6.45, 7) is -4.10. The van der Waals surface area contributed by atoms with Crippen LogP contribution in [0.25, 0.3) is 11.5 Å². The third-order valence-electron chi connectivity index (χ3n) is 2.47. The molecule has 132 valence electrons. The molecule has 0 saturated heterocycles. The monoisotopic (exact) mass is 381 g/mol. The van der Waals surface area contributed by atoms with Crippen LogP contribution >= 0.6 is 7.82 Å². The number of rotatable bonds is 7. The van der Waals surface area contributed by atoms with Crippen LogP contribution in [0.3, 0.4) is 0 Å². The number of nitrogens with zero attached hydrogens (tertiary/aromatic N) is 4. The van der Waals surface area contributed by atoms with E-state index in [1.807, 2.05) is 0 Å². The zero-order valence-electron chi connectivity index (χ0n) is 11.6. The lowest BCUT2D eigenvalue weighted by molar-refractivity contribution is 0.189. The molecule has 0 aliphatic carbocycles. The number of H-pyrrole nitrogens is 1. The second-order valence-electron chi connectivity index (χ2n) is 4.42. The first-order valence-electron chi connectivity index (χ1n) is 6.05. The smallest absolute Gasteiger partial charge is 0.430 e. The van der Waals surface area contributed by atoms with Crippen molar-refractivity contribution >= 4 is 24.6 Å². The molecule has 2 aromatic heterocycles. The molecular formula is C7H11BN6O8PS-. The maximum Gasteiger partial charge on any atom is 0.430 e. The number of sulfonamides is 1. The summed E-state index contributed by atoms with van der Waals surface area (Å²) in [5.74, 6) is 0.134. The van der Waals surface area contributed by atoms with E-state index in [0.29, 0.717) is 0 Å². The molecule has 0 atom stereocenters. The summed E-state index contributed by atoms with van der Waals surface area (Å²) in [6, 6.07) is 2.41. The van der Waals surface area contributed by atoms with Crippen molar-refractivity contribution in [1.29, 1.82) is 0 Å². The lowest BCUT2D eigenvalue weighted by Gasteiger charge is -2.29. The van der Waals surface area contributed by atoms with Crippen molar-refractivity contribution in [1.82, 2.24) is 30.3 Å². The van der Waals surface area contributed by atoms with Crippen LogP contribution in [0.4, 0.5) is 0 Å². The molecule has 0 saturated carbocycles. The molecule has 6 N–H and O–H groups in total. The summed E-state index contributed by atoms with van der Waals surface area (Å²) in [6.07, 6.45) is -0.235. The van der Waals surface area contributed by atoms with Gasteiger partial charge in [-0.2, -0.15) is 5.21 Å². The minimum absolute atomic E-state index is 0.134. The number of aromatic nitrogens is 5. The Morgan fingerprint density at radius 3 is 2.54 bits per heavy atom. The van der Waals surface area contributed by atoms with E-state index in [9.17, 15) is 23.0 Å². The minimum atomic E-state index is -5.22. The number of tetrazole rings is 1. The Morgan fingerprint density at radius 1 is 1.33 bits per heavy atom. The van der Waals surface area contributed by atoms with Crippen molar-refractivity contribution in [2.45, 2.75) is 4.90 Å². The second-order valence-corrected chi connectivity index (χ2v) is 7.38. The van der Waals surface area contributed by atoms with Crippen LogP contribution in [-0.4, -0.2) is 67.1 Å². The third kappa shape index (κ3) is 5.12. The van der Waals surface area contributed by atoms with Gasteiger partial charge in [0.25, 0.3) is 0 Å². The quantitative estimate of drug-likeness (QED) is 0.210. The molecule has 0 unspecified atom stereocenters. The predicted octanol–water partition coefficient (Wildman–Crippen LogP) is -2.89. The largest absolute Gasteiger partial charge is 0.558 e. The highest BCUT2D eigenvalue weighted by Crippen LogP contribution is 2.38. The van der Waals surface area contributed by atoms with Gasteiger partial charge in [0.05, 0.1) is 0 Å². The fourth-order valence-corrected chi connectivity index (χ4v) is 3.06. The Hall–Kier alpha value is -1.78. The van der Waals surface area contributed by atoms with Crippen LogP contribution in [-0.2, 0) is 19.0 Å². The first-order valence-corrected chi connectivity index (χ1v) is 9.06. The molecule has 0 spiro atoms. The van der Waals surface area contributed by atoms with Crippen molar-refractivity contribution in [2.75, 3.05) is 6.44 Å². The van der Waals surface area contributed by atoms with Gasteiger partial charge in [-0.05, 0) is 23.8 Å². The third-order valence-corrected chi connectivity index (χ3v) is 4.49. The maximum absolute atomic E-state index is 12.0. The Balaban J connectivity index is 2.09. The van der Waals surface area contributed by atoms with Gasteiger partial charge >= 0.3 is 14.6 Å². The van der Waals surface area contributed by atoms with E-state index < -0.39 is 31.0 Å². The molecular weight excluding hydrogens is 370 g/mol. The number of hydrogen-bond donors (Lipinski definition) is 6. The predicted molar refractivity (Wildman–Crippen MR) is 75.9 cm³/mol. The topological polar surface area (TPSA) is 221 Å². The van der Waals surface area contributed by atoms with E-state index in [2.05, 4.69) is 30.0 Å². The van der Waals surface area contributed by atoms with Gasteiger partial charge < -0.3 is 24.3 Å². The van der Waals surface area contributed by atoms with Gasteiger partial charge in [-0.1, -0.05) is 0 Å². The van der Waals surface area contributed by atoms with Crippen LogP contribution in [0.1, 0.15) is 0 Å². The zero-order chi connectivity index (χ0) is 18.0. The number of hydrogen-bond acceptors (Lipinski definition) is 10. The van der Waals surface area contributed by atoms with Gasteiger partial charge in [-0.3, -0.25) is 4.98 Å². The summed E-state index contributed by atoms with van der Waals surface area (Å²) < 4.78 is 39.9. The molecule has 17 heteroatoms. The summed E-state index contributed by atoms with van der Waals surface area (Å²) in [7, 11) is -9.47. The molecule has 14 nitrogen and oxygen atoms in total. The molecule has 0 aromatic carbocycles. The fourth-order valence-electron chi connectivity index (χ4n) is 1.50. The van der Waals surface area contributed by atoms with Gasteiger partial charge in [0.2, 0.25) is 15.8 Å². The van der Waals surface area contributed by atoms with Crippen molar-refractivity contribution in [3.8, 4) is 11.5 Å². The Labute approximate surface area is 134 Å². The van der Waals surface area contributed by atoms with Crippen molar-refractivity contribution in [3.63, 3.8) is 0 Å². The standard InChI is InChI=1S/C7H11BN6O8PS/c15-8(16,22-23(17,18)19)4-10-24(20,21)5-1-2-6(9-3-5)7-11-13-14-12-7/h1-3,10,15-16H,4H2,(H2,17,18,19)(H,11,12,13,14)/q-1. The number of pyridine rings is 1. The molecule has 0 bridgehead atoms. The summed E-state index contributed by atoms with van der Waals surface area (Å²) >= 11 is 0. The fraction of sp³-hybridized carbons (Fsp3) is 0.143. The van der Waals surface area contributed by atoms with Gasteiger partial charge in [-0.15, -0.1) is 10.2 Å². The van der Waals surface area contributed by atoms with Crippen LogP contribution in [0.5, 0.6) is 0 Å². The Morgan fingerprint density at radius 2 is 2.04 bits per heavy atom. The van der Waals surface area contributed by atoms with Gasteiger partial charge in [0, 0.05) is 6.20 Å². The summed E-state index contributed by atoms with van der Waals surface area (Å²) in [5.41, 5.74) is 0.232. The highest BCUT2D eigenvalue weighted by Gasteiger charge is 2.31. The highest BCUT2D eigenvalue weighted by molar-refractivity contribution is 7.89. The molecule has 0 aliphatic heterocycles. The van der Waals surface area contributed by atoms with E-state index in [0.717, 1.165) is 12.3 Å². The Kier molecular flexibility index (Phi) is 5.12. The van der Waals surface area contributed by atoms with E-state index in [-0.39, 0.29) is 16.4 Å². The molecule has 0 fully saturated rings. The number of aromatic amines is 1. The molecule has 0 radical (unpaired) electrons. The van der Waals surface area contributed by atoms with Gasteiger partial charge in [0.15, 0.2) is 0 Å². The number of nitrogens with one attached hydrogen (secondary N) is 2. The summed E-state index contributed by atoms with van der Waals surface area (Å²) in [5, 5.41) is 31.3. The van der Waals surface area contributed by atoms with Crippen LogP contribution in [0.15, 0.2) is 23.2 Å². The average Bonchev–Trinajstić information content (AvgIpc) is 2.97. The van der Waals surface area contributed by atoms with E-state index in [1.54, 1.807) is 4.72 Å². The van der Waals surface area contributed by atoms with Crippen molar-refractivity contribution in [3.05, 3.63) is 18.3 Å². The second kappa shape index (κ2) is 6.62. The van der Waals surface area contributed by atoms with Crippen molar-refractivity contribution < 1.29 is 37.3 Å². The van der Waals surface area contributed by atoms with Crippen molar-refractivity contribution in [2.24, 2.45) is 0 Å². The average molecular weight is 381 g/mol. The molecule has 0 amide bonds. The Bertz CT molecular complexity index is 836. The molecule has 2 heterocycles. The summed E-state index contributed by atoms with van der Waals surface area (Å²) in [4.78, 5) is 20.5. The minimum Gasteiger partial charge on any atom is -0.558 e. The lowest BCUT2D eigenvalue weighted by atomic mass is 9.81. The molecule has 24 heavy (non-hydrogen) atoms. The van der Waals surface area contributed by atoms with E-state index in [1.165, 1.54) is 6.07 Å². The first kappa shape index (κ1) is 18.6. The highest BCUT2D eigenvalue weighted by atomic mass is 32.2. The normalized spacial score (nSPS) is 13.2. The van der Waals surface area contributed by atoms with E-state index >= 15 is 0 Å². The van der Waals surface area contributed by atoms with Crippen LogP contribution < -0.4 is 4.72 Å². The first-order chi connectivity index (χ1) is 11.0. The van der Waals surface area contributed by atoms with Gasteiger partial charge in [0.1, 0.15) is 10.6 Å². The van der Waals surface area contributed by atoms with Crippen LogP contribution in [0, 0.1) is 0 Å². The molecule has 2 rings (SSSR count). The SMILES string of the molecule is O=P(O)(O)O[B-](O)(O)CNS(=O)(=O)c1ccc(-c2nn[nH]n2)nc1. The van der Waals surface area contributed by atoms with Gasteiger partial charge in [-0.25, -0.2) is 17.7 Å². The van der Waals surface area contributed by atoms with E-state index in [4.69, 9.17) is 9.79 Å². The number of phosphoric acid groups is 1. The van der Waals surface area contributed by atoms with Crippen LogP contribution in [0.2, 0.25) is 0 Å². The zero-order valence-corrected chi connectivity index (χ0v) is 13.3. The maximum atomic E-state index is 12.0. The molecule has 2 aromatic rings.